The molecular formula is C16H13ClFNO3S. The molecule has 0 aliphatic heterocycles. The maximum atomic E-state index is 14.5. The van der Waals surface area contributed by atoms with Gasteiger partial charge in [-0.25, -0.2) is 9.37 Å². The molecule has 0 spiro atoms. The summed E-state index contributed by atoms with van der Waals surface area (Å²) < 4.78 is 19.6. The van der Waals surface area contributed by atoms with Crippen LogP contribution in [0.25, 0.3) is 11.3 Å². The fourth-order valence-electron chi connectivity index (χ4n) is 2.70. The summed E-state index contributed by atoms with van der Waals surface area (Å²) in [6.07, 6.45) is 0. The van der Waals surface area contributed by atoms with Crippen LogP contribution in [0.2, 0.25) is 5.02 Å². The zero-order chi connectivity index (χ0) is 16.9. The maximum absolute atomic E-state index is 14.5. The molecule has 0 bridgehead atoms. The number of rotatable bonds is 2. The van der Waals surface area contributed by atoms with Crippen LogP contribution in [0.15, 0.2) is 17.6 Å². The summed E-state index contributed by atoms with van der Waals surface area (Å²) in [4.78, 5) is 17.6. The first kappa shape index (κ1) is 16.0. The highest BCUT2D eigenvalue weighted by molar-refractivity contribution is 7.11. The van der Waals surface area contributed by atoms with Crippen LogP contribution >= 0.6 is 22.9 Å². The molecule has 0 fully saturated rings. The number of aliphatic hydroxyl groups excluding tert-OH is 1. The number of halogens is 2. The van der Waals surface area contributed by atoms with E-state index >= 15 is 0 Å². The Kier molecular flexibility index (Phi) is 3.69. The van der Waals surface area contributed by atoms with Crippen LogP contribution in [0, 0.1) is 5.82 Å². The summed E-state index contributed by atoms with van der Waals surface area (Å²) in [7, 11) is 1.33. The predicted molar refractivity (Wildman–Crippen MR) is 87.6 cm³/mol. The van der Waals surface area contributed by atoms with Crippen LogP contribution < -0.4 is 4.74 Å². The Balaban J connectivity index is 2.40. The second-order valence-corrected chi connectivity index (χ2v) is 6.91. The number of aromatic nitrogens is 1. The van der Waals surface area contributed by atoms with E-state index in [-0.39, 0.29) is 27.7 Å². The number of thiazole rings is 1. The largest absolute Gasteiger partial charge is 0.506 e. The van der Waals surface area contributed by atoms with Crippen LogP contribution in [0.4, 0.5) is 4.39 Å². The van der Waals surface area contributed by atoms with Crippen molar-refractivity contribution in [2.45, 2.75) is 19.3 Å². The molecule has 1 aliphatic carbocycles. The quantitative estimate of drug-likeness (QED) is 0.877. The van der Waals surface area contributed by atoms with Gasteiger partial charge in [0.25, 0.3) is 0 Å². The Hall–Kier alpha value is -1.92. The molecule has 1 aliphatic rings. The van der Waals surface area contributed by atoms with Gasteiger partial charge in [-0.3, -0.25) is 4.79 Å². The van der Waals surface area contributed by atoms with Crippen LogP contribution in [0.3, 0.4) is 0 Å². The topological polar surface area (TPSA) is 59.4 Å². The molecule has 4 nitrogen and oxygen atoms in total. The first-order chi connectivity index (χ1) is 10.8. The Morgan fingerprint density at radius 2 is 2.09 bits per heavy atom. The van der Waals surface area contributed by atoms with Gasteiger partial charge in [-0.05, 0) is 26.0 Å². The normalized spacial score (nSPS) is 16.5. The smallest absolute Gasteiger partial charge is 0.179 e. The molecule has 0 atom stereocenters. The third-order valence-corrected chi connectivity index (χ3v) is 5.05. The minimum absolute atomic E-state index is 0.0188. The van der Waals surface area contributed by atoms with Crippen molar-refractivity contribution in [3.63, 3.8) is 0 Å². The van der Waals surface area contributed by atoms with Crippen LogP contribution in [0.1, 0.15) is 30.0 Å². The van der Waals surface area contributed by atoms with Gasteiger partial charge in [-0.2, -0.15) is 0 Å². The van der Waals surface area contributed by atoms with Crippen LogP contribution in [-0.4, -0.2) is 23.0 Å². The highest BCUT2D eigenvalue weighted by atomic mass is 35.5. The fourth-order valence-corrected chi connectivity index (χ4v) is 3.83. The first-order valence-corrected chi connectivity index (χ1v) is 8.01. The van der Waals surface area contributed by atoms with Gasteiger partial charge >= 0.3 is 0 Å². The third-order valence-electron chi connectivity index (χ3n) is 3.92. The molecule has 7 heteroatoms. The van der Waals surface area contributed by atoms with Crippen molar-refractivity contribution in [2.24, 2.45) is 0 Å². The standard InChI is InChI=1S/C16H13ClFNO3S/c1-16(2)14-13(23-6-19-14)11(20)10(15(16)21)9-8(18)5-4-7(17)12(9)22-3/h4-6,20H,1-3H3. The average Bonchev–Trinajstić information content (AvgIpc) is 3.00. The molecule has 1 aromatic heterocycles. The number of carbonyl (C=O) groups is 1. The number of methoxy groups -OCH3 is 1. The summed E-state index contributed by atoms with van der Waals surface area (Å²) in [6, 6.07) is 2.48. The van der Waals surface area contributed by atoms with Crippen LogP contribution in [-0.2, 0) is 10.2 Å². The van der Waals surface area contributed by atoms with Crippen molar-refractivity contribution >= 4 is 40.1 Å². The molecule has 3 rings (SSSR count). The lowest BCUT2D eigenvalue weighted by Crippen LogP contribution is -2.35. The Bertz CT molecular complexity index is 857. The molecule has 0 unspecified atom stereocenters. The fraction of sp³-hybridized carbons (Fsp3) is 0.250. The number of benzene rings is 1. The Morgan fingerprint density at radius 3 is 2.74 bits per heavy atom. The first-order valence-electron chi connectivity index (χ1n) is 6.75. The second-order valence-electron chi connectivity index (χ2n) is 5.65. The van der Waals surface area contributed by atoms with E-state index in [4.69, 9.17) is 16.3 Å². The molecule has 1 N–H and O–H groups in total. The number of hydrogen-bond acceptors (Lipinski definition) is 5. The zero-order valence-electron chi connectivity index (χ0n) is 12.6. The molecule has 0 radical (unpaired) electrons. The molecule has 0 amide bonds. The molecule has 120 valence electrons. The van der Waals surface area contributed by atoms with Gasteiger partial charge in [0.05, 0.1) is 44.8 Å². The average molecular weight is 354 g/mol. The highest BCUT2D eigenvalue weighted by Crippen LogP contribution is 2.47. The number of ether oxygens (including phenoxy) is 1. The molecule has 23 heavy (non-hydrogen) atoms. The number of carbonyl (C=O) groups excluding carboxylic acids is 1. The molecule has 2 aromatic rings. The summed E-state index contributed by atoms with van der Waals surface area (Å²) >= 11 is 7.24. The van der Waals surface area contributed by atoms with Gasteiger partial charge in [-0.15, -0.1) is 11.3 Å². The van der Waals surface area contributed by atoms with Crippen molar-refractivity contribution in [1.82, 2.24) is 4.98 Å². The Morgan fingerprint density at radius 1 is 1.39 bits per heavy atom. The highest BCUT2D eigenvalue weighted by Gasteiger charge is 2.44. The van der Waals surface area contributed by atoms with E-state index in [1.807, 2.05) is 0 Å². The molecule has 1 aromatic carbocycles. The molecule has 0 saturated heterocycles. The SMILES string of the molecule is COc1c(Cl)ccc(F)c1C1=C(O)c2scnc2C(C)(C)C1=O. The minimum Gasteiger partial charge on any atom is -0.506 e. The van der Waals surface area contributed by atoms with E-state index in [2.05, 4.69) is 4.98 Å². The predicted octanol–water partition coefficient (Wildman–Crippen LogP) is 4.23. The monoisotopic (exact) mass is 353 g/mol. The van der Waals surface area contributed by atoms with E-state index < -0.39 is 17.0 Å². The van der Waals surface area contributed by atoms with E-state index in [0.29, 0.717) is 10.6 Å². The third kappa shape index (κ3) is 2.16. The van der Waals surface area contributed by atoms with Gasteiger partial charge in [0.1, 0.15) is 17.3 Å². The lowest BCUT2D eigenvalue weighted by atomic mass is 9.74. The maximum Gasteiger partial charge on any atom is 0.179 e. The van der Waals surface area contributed by atoms with Crippen molar-refractivity contribution < 1.29 is 19.0 Å². The van der Waals surface area contributed by atoms with Gasteiger partial charge in [0.2, 0.25) is 0 Å². The van der Waals surface area contributed by atoms with E-state index in [9.17, 15) is 14.3 Å². The van der Waals surface area contributed by atoms with Crippen molar-refractivity contribution in [2.75, 3.05) is 7.11 Å². The minimum atomic E-state index is -0.989. The molecular weight excluding hydrogens is 341 g/mol. The summed E-state index contributed by atoms with van der Waals surface area (Å²) in [5, 5.41) is 10.7. The van der Waals surface area contributed by atoms with Gasteiger partial charge < -0.3 is 9.84 Å². The number of allylic oxidation sites excluding steroid dienone is 1. The summed E-state index contributed by atoms with van der Waals surface area (Å²) in [6.45, 7) is 3.38. The van der Waals surface area contributed by atoms with Crippen molar-refractivity contribution in [3.05, 3.63) is 44.6 Å². The number of nitrogens with zero attached hydrogens (tertiary/aromatic N) is 1. The van der Waals surface area contributed by atoms with Gasteiger partial charge in [0.15, 0.2) is 5.78 Å². The van der Waals surface area contributed by atoms with Crippen molar-refractivity contribution in [3.8, 4) is 5.75 Å². The van der Waals surface area contributed by atoms with Crippen molar-refractivity contribution in [1.29, 1.82) is 0 Å². The Labute approximate surface area is 141 Å². The van der Waals surface area contributed by atoms with Crippen LogP contribution in [0.5, 0.6) is 5.75 Å². The zero-order valence-corrected chi connectivity index (χ0v) is 14.2. The summed E-state index contributed by atoms with van der Waals surface area (Å²) in [5.74, 6) is -1.41. The van der Waals surface area contributed by atoms with E-state index in [0.717, 1.165) is 6.07 Å². The lowest BCUT2D eigenvalue weighted by molar-refractivity contribution is -0.118. The second kappa shape index (κ2) is 5.32. The molecule has 0 saturated carbocycles. The number of fused-ring (bicyclic) bond motifs is 1. The van der Waals surface area contributed by atoms with E-state index in [1.54, 1.807) is 19.4 Å². The lowest BCUT2D eigenvalue weighted by Gasteiger charge is -2.29. The molecule has 1 heterocycles. The number of aliphatic hydroxyl groups is 1. The number of Topliss-reactive ketones (excluding diaryl/α,β-unsaturated/α-hetero) is 1. The number of hydrogen-bond donors (Lipinski definition) is 1. The van der Waals surface area contributed by atoms with Gasteiger partial charge in [-0.1, -0.05) is 11.6 Å². The summed E-state index contributed by atoms with van der Waals surface area (Å²) in [5.41, 5.74) is 0.773. The van der Waals surface area contributed by atoms with Gasteiger partial charge in [0, 0.05) is 0 Å². The van der Waals surface area contributed by atoms with E-state index in [1.165, 1.54) is 24.5 Å². The number of ketones is 1.